The summed E-state index contributed by atoms with van der Waals surface area (Å²) in [7, 11) is 0. The third kappa shape index (κ3) is 6.38. The monoisotopic (exact) mass is 241 g/mol. The Balaban J connectivity index is 2.21. The van der Waals surface area contributed by atoms with Crippen molar-refractivity contribution in [3.05, 3.63) is 11.9 Å². The second-order valence-corrected chi connectivity index (χ2v) is 4.80. The summed E-state index contributed by atoms with van der Waals surface area (Å²) in [6.45, 7) is 11.0. The van der Waals surface area contributed by atoms with E-state index in [0.717, 1.165) is 18.8 Å². The first-order valence-electron chi connectivity index (χ1n) is 6.16. The zero-order valence-corrected chi connectivity index (χ0v) is 11.2. The topological polar surface area (TPSA) is 49.2 Å². The van der Waals surface area contributed by atoms with E-state index >= 15 is 0 Å². The maximum absolute atomic E-state index is 5.49. The number of ether oxygens (including phenoxy) is 2. The lowest BCUT2D eigenvalue weighted by Crippen LogP contribution is -2.09. The quantitative estimate of drug-likeness (QED) is 0.652. The predicted octanol–water partition coefficient (Wildman–Crippen LogP) is 1.88. The normalized spacial score (nSPS) is 11.6. The molecule has 0 saturated carbocycles. The van der Waals surface area contributed by atoms with Crippen LogP contribution in [0.15, 0.2) is 6.20 Å². The number of hydrogen-bond donors (Lipinski definition) is 0. The van der Waals surface area contributed by atoms with E-state index < -0.39 is 0 Å². The van der Waals surface area contributed by atoms with Crippen LogP contribution in [0.1, 0.15) is 33.4 Å². The van der Waals surface area contributed by atoms with Crippen molar-refractivity contribution in [2.75, 3.05) is 13.2 Å². The molecule has 98 valence electrons. The second-order valence-electron chi connectivity index (χ2n) is 4.80. The second kappa shape index (κ2) is 7.40. The molecule has 1 rings (SSSR count). The smallest absolute Gasteiger partial charge is 0.108 e. The summed E-state index contributed by atoms with van der Waals surface area (Å²) in [4.78, 5) is 0. The van der Waals surface area contributed by atoms with Crippen molar-refractivity contribution in [2.24, 2.45) is 5.92 Å². The van der Waals surface area contributed by atoms with Gasteiger partial charge in [-0.15, -0.1) is 5.10 Å². The van der Waals surface area contributed by atoms with Gasteiger partial charge in [0.25, 0.3) is 0 Å². The van der Waals surface area contributed by atoms with Crippen LogP contribution in [-0.4, -0.2) is 34.3 Å². The van der Waals surface area contributed by atoms with Crippen LogP contribution in [0.5, 0.6) is 0 Å². The molecule has 0 radical (unpaired) electrons. The molecular formula is C12H23N3O2. The zero-order chi connectivity index (χ0) is 12.7. The highest BCUT2D eigenvalue weighted by Crippen LogP contribution is 1.99. The minimum atomic E-state index is 0.217. The highest BCUT2D eigenvalue weighted by Gasteiger charge is 2.02. The molecule has 17 heavy (non-hydrogen) atoms. The Morgan fingerprint density at radius 3 is 2.71 bits per heavy atom. The number of nitrogens with zero attached hydrogens (tertiary/aromatic N) is 3. The fourth-order valence-electron chi connectivity index (χ4n) is 1.24. The van der Waals surface area contributed by atoms with E-state index in [1.165, 1.54) is 0 Å². The molecule has 0 aromatic carbocycles. The van der Waals surface area contributed by atoms with Gasteiger partial charge in [0.1, 0.15) is 5.69 Å². The lowest BCUT2D eigenvalue weighted by Gasteiger charge is -2.06. The molecular weight excluding hydrogens is 218 g/mol. The Morgan fingerprint density at radius 1 is 1.29 bits per heavy atom. The molecule has 5 heteroatoms. The lowest BCUT2D eigenvalue weighted by atomic mass is 10.2. The van der Waals surface area contributed by atoms with Crippen molar-refractivity contribution in [1.82, 2.24) is 15.0 Å². The van der Waals surface area contributed by atoms with Gasteiger partial charge in [-0.1, -0.05) is 19.1 Å². The summed E-state index contributed by atoms with van der Waals surface area (Å²) < 4.78 is 12.7. The summed E-state index contributed by atoms with van der Waals surface area (Å²) >= 11 is 0. The van der Waals surface area contributed by atoms with Crippen LogP contribution < -0.4 is 0 Å². The largest absolute Gasteiger partial charge is 0.379 e. The fraction of sp³-hybridized carbons (Fsp3) is 0.833. The molecule has 1 aromatic rings. The van der Waals surface area contributed by atoms with Gasteiger partial charge >= 0.3 is 0 Å². The maximum atomic E-state index is 5.49. The van der Waals surface area contributed by atoms with Crippen LogP contribution in [0.25, 0.3) is 0 Å². The van der Waals surface area contributed by atoms with E-state index in [4.69, 9.17) is 9.47 Å². The van der Waals surface area contributed by atoms with Gasteiger partial charge in [0.05, 0.1) is 32.1 Å². The zero-order valence-electron chi connectivity index (χ0n) is 11.2. The van der Waals surface area contributed by atoms with E-state index in [2.05, 4.69) is 24.2 Å². The third-order valence-corrected chi connectivity index (χ3v) is 2.07. The van der Waals surface area contributed by atoms with Gasteiger partial charge in [0, 0.05) is 6.61 Å². The molecule has 0 unspecified atom stereocenters. The number of rotatable bonds is 8. The van der Waals surface area contributed by atoms with Crippen LogP contribution >= 0.6 is 0 Å². The highest BCUT2D eigenvalue weighted by atomic mass is 16.5. The molecule has 0 aliphatic carbocycles. The molecule has 0 saturated heterocycles. The summed E-state index contributed by atoms with van der Waals surface area (Å²) in [5.74, 6) is 0.570. The van der Waals surface area contributed by atoms with Gasteiger partial charge in [-0.3, -0.25) is 0 Å². The summed E-state index contributed by atoms with van der Waals surface area (Å²) in [5, 5.41) is 8.05. The van der Waals surface area contributed by atoms with Gasteiger partial charge in [0.15, 0.2) is 0 Å². The molecule has 5 nitrogen and oxygen atoms in total. The molecule has 1 aromatic heterocycles. The fourth-order valence-corrected chi connectivity index (χ4v) is 1.24. The van der Waals surface area contributed by atoms with Crippen LogP contribution in [0, 0.1) is 5.92 Å². The standard InChI is InChI=1S/C12H23N3O2/c1-10(2)8-16-6-5-15-7-12(13-14-15)9-17-11(3)4/h7,10-11H,5-6,8-9H2,1-4H3. The first-order chi connectivity index (χ1) is 8.08. The van der Waals surface area contributed by atoms with Crippen molar-refractivity contribution in [2.45, 2.75) is 47.0 Å². The van der Waals surface area contributed by atoms with Gasteiger partial charge < -0.3 is 9.47 Å². The van der Waals surface area contributed by atoms with Crippen molar-refractivity contribution < 1.29 is 9.47 Å². The van der Waals surface area contributed by atoms with E-state index in [1.54, 1.807) is 4.68 Å². The number of aromatic nitrogens is 3. The molecule has 1 heterocycles. The molecule has 0 atom stereocenters. The highest BCUT2D eigenvalue weighted by molar-refractivity contribution is 4.89. The van der Waals surface area contributed by atoms with Crippen LogP contribution in [0.3, 0.4) is 0 Å². The van der Waals surface area contributed by atoms with Gasteiger partial charge in [-0.2, -0.15) is 0 Å². The summed E-state index contributed by atoms with van der Waals surface area (Å²) in [6, 6.07) is 0. The summed E-state index contributed by atoms with van der Waals surface area (Å²) in [5.41, 5.74) is 0.863. The Labute approximate surface area is 103 Å². The van der Waals surface area contributed by atoms with E-state index in [0.29, 0.717) is 19.1 Å². The Hall–Kier alpha value is -0.940. The van der Waals surface area contributed by atoms with Crippen LogP contribution in [0.2, 0.25) is 0 Å². The van der Waals surface area contributed by atoms with Crippen molar-refractivity contribution in [1.29, 1.82) is 0 Å². The average Bonchev–Trinajstić information content (AvgIpc) is 2.69. The average molecular weight is 241 g/mol. The molecule has 0 spiro atoms. The lowest BCUT2D eigenvalue weighted by molar-refractivity contribution is 0.0635. The Bertz CT molecular complexity index is 310. The number of hydrogen-bond acceptors (Lipinski definition) is 4. The Morgan fingerprint density at radius 2 is 2.06 bits per heavy atom. The molecule has 0 fully saturated rings. The molecule has 0 bridgehead atoms. The van der Waals surface area contributed by atoms with Crippen molar-refractivity contribution >= 4 is 0 Å². The van der Waals surface area contributed by atoms with Crippen molar-refractivity contribution in [3.63, 3.8) is 0 Å². The molecule has 0 N–H and O–H groups in total. The first-order valence-corrected chi connectivity index (χ1v) is 6.16. The third-order valence-electron chi connectivity index (χ3n) is 2.07. The maximum Gasteiger partial charge on any atom is 0.108 e. The van der Waals surface area contributed by atoms with E-state index in [1.807, 2.05) is 20.0 Å². The molecule has 0 aliphatic rings. The predicted molar refractivity (Wildman–Crippen MR) is 65.6 cm³/mol. The minimum Gasteiger partial charge on any atom is -0.379 e. The minimum absolute atomic E-state index is 0.217. The Kier molecular flexibility index (Phi) is 6.15. The van der Waals surface area contributed by atoms with Crippen LogP contribution in [-0.2, 0) is 22.6 Å². The van der Waals surface area contributed by atoms with E-state index in [9.17, 15) is 0 Å². The molecule has 0 amide bonds. The van der Waals surface area contributed by atoms with Crippen LogP contribution in [0.4, 0.5) is 0 Å². The first kappa shape index (κ1) is 14.1. The SMILES string of the molecule is CC(C)COCCn1cc(COC(C)C)nn1. The van der Waals surface area contributed by atoms with Crippen molar-refractivity contribution in [3.8, 4) is 0 Å². The van der Waals surface area contributed by atoms with Gasteiger partial charge in [0.2, 0.25) is 0 Å². The summed E-state index contributed by atoms with van der Waals surface area (Å²) in [6.07, 6.45) is 2.12. The van der Waals surface area contributed by atoms with Gasteiger partial charge in [-0.25, -0.2) is 4.68 Å². The van der Waals surface area contributed by atoms with E-state index in [-0.39, 0.29) is 6.10 Å². The van der Waals surface area contributed by atoms with Gasteiger partial charge in [-0.05, 0) is 19.8 Å². The molecule has 0 aliphatic heterocycles.